The molecule has 0 aromatic heterocycles. The highest BCUT2D eigenvalue weighted by Crippen LogP contribution is 2.18. The molecule has 0 heterocycles. The van der Waals surface area contributed by atoms with Gasteiger partial charge in [-0.3, -0.25) is 4.79 Å². The van der Waals surface area contributed by atoms with Gasteiger partial charge in [0.1, 0.15) is 0 Å². The van der Waals surface area contributed by atoms with E-state index < -0.39 is 10.0 Å². The number of anilines is 1. The fourth-order valence-corrected chi connectivity index (χ4v) is 3.92. The van der Waals surface area contributed by atoms with Crippen molar-refractivity contribution in [1.29, 1.82) is 0 Å². The highest BCUT2D eigenvalue weighted by Gasteiger charge is 2.19. The number of nitrogens with zero attached hydrogens (tertiary/aromatic N) is 1. The third-order valence-corrected chi connectivity index (χ3v) is 6.52. The van der Waals surface area contributed by atoms with Crippen LogP contribution in [-0.4, -0.2) is 38.8 Å². The lowest BCUT2D eigenvalue weighted by molar-refractivity contribution is -0.120. The minimum atomic E-state index is -3.55. The van der Waals surface area contributed by atoms with E-state index in [0.29, 0.717) is 5.69 Å². The van der Waals surface area contributed by atoms with Crippen LogP contribution in [0.3, 0.4) is 0 Å². The first-order valence-electron chi connectivity index (χ1n) is 8.70. The summed E-state index contributed by atoms with van der Waals surface area (Å²) in [5.41, 5.74) is 1.67. The predicted octanol–water partition coefficient (Wildman–Crippen LogP) is 3.54. The van der Waals surface area contributed by atoms with E-state index in [4.69, 9.17) is 0 Å². The topological polar surface area (TPSA) is 78.5 Å². The van der Waals surface area contributed by atoms with Crippen molar-refractivity contribution < 1.29 is 13.2 Å². The summed E-state index contributed by atoms with van der Waals surface area (Å²) in [5.74, 6) is -0.155. The number of nitrogens with one attached hydrogen (secondary N) is 2. The minimum Gasteiger partial charge on any atom is -0.376 e. The van der Waals surface area contributed by atoms with Crippen LogP contribution >= 0.6 is 15.9 Å². The highest BCUT2D eigenvalue weighted by atomic mass is 79.9. The number of likely N-dealkylation sites (N-methyl/N-ethyl adjacent to an activating group) is 1. The summed E-state index contributed by atoms with van der Waals surface area (Å²) in [7, 11) is -2.05. The van der Waals surface area contributed by atoms with Crippen LogP contribution < -0.4 is 10.6 Å². The van der Waals surface area contributed by atoms with Gasteiger partial charge in [0, 0.05) is 23.8 Å². The first kappa shape index (κ1) is 22.1. The first-order valence-corrected chi connectivity index (χ1v) is 10.9. The summed E-state index contributed by atoms with van der Waals surface area (Å²) >= 11 is 3.39. The number of rotatable bonds is 9. The molecule has 1 unspecified atom stereocenters. The van der Waals surface area contributed by atoms with Gasteiger partial charge in [0.25, 0.3) is 0 Å². The average molecular weight is 466 g/mol. The fourth-order valence-electron chi connectivity index (χ4n) is 2.51. The molecule has 6 nitrogen and oxygen atoms in total. The van der Waals surface area contributed by atoms with Crippen molar-refractivity contribution in [1.82, 2.24) is 9.62 Å². The summed E-state index contributed by atoms with van der Waals surface area (Å²) in [6.07, 6.45) is 1.53. The Kier molecular flexibility index (Phi) is 7.79. The second-order valence-corrected chi connectivity index (χ2v) is 9.25. The lowest BCUT2D eigenvalue weighted by Gasteiger charge is -2.16. The quantitative estimate of drug-likeness (QED) is 0.555. The van der Waals surface area contributed by atoms with Gasteiger partial charge in [-0.2, -0.15) is 4.31 Å². The Morgan fingerprint density at radius 1 is 1.18 bits per heavy atom. The van der Waals surface area contributed by atoms with Gasteiger partial charge in [0.2, 0.25) is 15.9 Å². The summed E-state index contributed by atoms with van der Waals surface area (Å²) in [4.78, 5) is 12.4. The Morgan fingerprint density at radius 3 is 2.36 bits per heavy atom. The molecule has 2 N–H and O–H groups in total. The zero-order chi connectivity index (χ0) is 20.7. The van der Waals surface area contributed by atoms with Crippen LogP contribution in [0, 0.1) is 0 Å². The predicted molar refractivity (Wildman–Crippen MR) is 116 cm³/mol. The fraction of sp³-hybridized carbons (Fsp3) is 0.250. The van der Waals surface area contributed by atoms with Crippen LogP contribution in [0.25, 0.3) is 0 Å². The molecule has 0 bridgehead atoms. The van der Waals surface area contributed by atoms with Gasteiger partial charge >= 0.3 is 0 Å². The largest absolute Gasteiger partial charge is 0.376 e. The number of hydrogen-bond acceptors (Lipinski definition) is 4. The molecule has 1 atom stereocenters. The smallest absolute Gasteiger partial charge is 0.243 e. The third kappa shape index (κ3) is 5.92. The summed E-state index contributed by atoms with van der Waals surface area (Å²) in [6.45, 7) is 5.79. The van der Waals surface area contributed by atoms with Crippen molar-refractivity contribution in [3.63, 3.8) is 0 Å². The maximum absolute atomic E-state index is 12.4. The Hall–Kier alpha value is -2.16. The van der Waals surface area contributed by atoms with Gasteiger partial charge in [0.15, 0.2) is 0 Å². The molecule has 8 heteroatoms. The third-order valence-electron chi connectivity index (χ3n) is 4.15. The van der Waals surface area contributed by atoms with Crippen molar-refractivity contribution in [3.05, 3.63) is 71.2 Å². The minimum absolute atomic E-state index is 0.0866. The molecular formula is C20H24BrN3O3S. The molecule has 0 aliphatic carbocycles. The van der Waals surface area contributed by atoms with E-state index in [-0.39, 0.29) is 29.9 Å². The van der Waals surface area contributed by atoms with E-state index in [2.05, 4.69) is 33.1 Å². The van der Waals surface area contributed by atoms with E-state index in [1.165, 1.54) is 29.6 Å². The number of halogens is 1. The number of amides is 1. The standard InChI is InChI=1S/C20H24BrN3O3S/c1-4-13-24(3)28(26,27)19-11-9-18(10-12-19)22-14-20(25)23-15(2)16-5-7-17(21)8-6-16/h4-12,15,22H,1,13-14H2,2-3H3,(H,23,25). The zero-order valence-corrected chi connectivity index (χ0v) is 18.3. The van der Waals surface area contributed by atoms with Crippen molar-refractivity contribution >= 4 is 37.5 Å². The summed E-state index contributed by atoms with van der Waals surface area (Å²) in [5, 5.41) is 5.92. The van der Waals surface area contributed by atoms with Crippen molar-refractivity contribution in [3.8, 4) is 0 Å². The molecule has 0 fully saturated rings. The Morgan fingerprint density at radius 2 is 1.79 bits per heavy atom. The normalized spacial score (nSPS) is 12.4. The zero-order valence-electron chi connectivity index (χ0n) is 15.9. The van der Waals surface area contributed by atoms with Crippen LogP contribution in [0.5, 0.6) is 0 Å². The molecule has 1 amide bonds. The Labute approximate surface area is 174 Å². The van der Waals surface area contributed by atoms with Crippen LogP contribution in [0.4, 0.5) is 5.69 Å². The van der Waals surface area contributed by atoms with Crippen LogP contribution in [-0.2, 0) is 14.8 Å². The van der Waals surface area contributed by atoms with Crippen LogP contribution in [0.2, 0.25) is 0 Å². The highest BCUT2D eigenvalue weighted by molar-refractivity contribution is 9.10. The molecular weight excluding hydrogens is 442 g/mol. The van der Waals surface area contributed by atoms with E-state index in [0.717, 1.165) is 10.0 Å². The maximum atomic E-state index is 12.4. The number of carbonyl (C=O) groups is 1. The summed E-state index contributed by atoms with van der Waals surface area (Å²) in [6, 6.07) is 13.9. The lowest BCUT2D eigenvalue weighted by Crippen LogP contribution is -2.32. The van der Waals surface area contributed by atoms with Crippen LogP contribution in [0.1, 0.15) is 18.5 Å². The van der Waals surface area contributed by atoms with Gasteiger partial charge in [0.05, 0.1) is 17.5 Å². The Balaban J connectivity index is 1.91. The van der Waals surface area contributed by atoms with E-state index in [1.807, 2.05) is 31.2 Å². The van der Waals surface area contributed by atoms with Crippen LogP contribution in [0.15, 0.2) is 70.6 Å². The molecule has 0 saturated heterocycles. The molecule has 0 saturated carbocycles. The monoisotopic (exact) mass is 465 g/mol. The SMILES string of the molecule is C=CCN(C)S(=O)(=O)c1ccc(NCC(=O)NC(C)c2ccc(Br)cc2)cc1. The molecule has 2 aromatic rings. The molecule has 0 radical (unpaired) electrons. The Bertz CT molecular complexity index is 913. The average Bonchev–Trinajstić information content (AvgIpc) is 2.67. The van der Waals surface area contributed by atoms with Crippen molar-refractivity contribution in [2.24, 2.45) is 0 Å². The van der Waals surface area contributed by atoms with Crippen molar-refractivity contribution in [2.45, 2.75) is 17.9 Å². The van der Waals surface area contributed by atoms with E-state index in [9.17, 15) is 13.2 Å². The maximum Gasteiger partial charge on any atom is 0.243 e. The molecule has 150 valence electrons. The lowest BCUT2D eigenvalue weighted by atomic mass is 10.1. The molecule has 28 heavy (non-hydrogen) atoms. The van der Waals surface area contributed by atoms with E-state index >= 15 is 0 Å². The van der Waals surface area contributed by atoms with Gasteiger partial charge in [-0.15, -0.1) is 6.58 Å². The molecule has 0 aliphatic rings. The molecule has 0 spiro atoms. The van der Waals surface area contributed by atoms with Crippen molar-refractivity contribution in [2.75, 3.05) is 25.5 Å². The van der Waals surface area contributed by atoms with E-state index in [1.54, 1.807) is 12.1 Å². The number of carbonyl (C=O) groups excluding carboxylic acids is 1. The summed E-state index contributed by atoms with van der Waals surface area (Å²) < 4.78 is 26.9. The second kappa shape index (κ2) is 9.86. The van der Waals surface area contributed by atoms with Gasteiger partial charge in [-0.05, 0) is 48.9 Å². The molecule has 0 aliphatic heterocycles. The molecule has 2 aromatic carbocycles. The van der Waals surface area contributed by atoms with Gasteiger partial charge in [-0.25, -0.2) is 8.42 Å². The first-order chi connectivity index (χ1) is 13.2. The van der Waals surface area contributed by atoms with Gasteiger partial charge < -0.3 is 10.6 Å². The second-order valence-electron chi connectivity index (χ2n) is 6.29. The number of sulfonamides is 1. The number of benzene rings is 2. The van der Waals surface area contributed by atoms with Gasteiger partial charge in [-0.1, -0.05) is 34.1 Å². The molecule has 2 rings (SSSR count). The number of hydrogen-bond donors (Lipinski definition) is 2.